The number of aromatic carboxylic acids is 1. The highest BCUT2D eigenvalue weighted by atomic mass is 16.5. The molecule has 1 aromatic carbocycles. The van der Waals surface area contributed by atoms with Gasteiger partial charge < -0.3 is 14.4 Å². The molecule has 1 aromatic heterocycles. The Kier molecular flexibility index (Phi) is 2.79. The molecule has 0 aliphatic heterocycles. The SMILES string of the molecule is COc1cccc2c(C(=O)O)cn(C(C)C)c12. The molecule has 4 nitrogen and oxygen atoms in total. The summed E-state index contributed by atoms with van der Waals surface area (Å²) in [6.45, 7) is 4.02. The first-order valence-electron chi connectivity index (χ1n) is 5.47. The Balaban J connectivity index is 2.86. The number of carbonyl (C=O) groups is 1. The molecular weight excluding hydrogens is 218 g/mol. The molecule has 0 atom stereocenters. The van der Waals surface area contributed by atoms with Gasteiger partial charge in [0.05, 0.1) is 18.2 Å². The van der Waals surface area contributed by atoms with Crippen molar-refractivity contribution in [3.05, 3.63) is 30.0 Å². The molecule has 0 unspecified atom stereocenters. The Morgan fingerprint density at radius 1 is 1.41 bits per heavy atom. The largest absolute Gasteiger partial charge is 0.495 e. The van der Waals surface area contributed by atoms with Crippen LogP contribution < -0.4 is 4.74 Å². The highest BCUT2D eigenvalue weighted by Gasteiger charge is 2.18. The molecule has 90 valence electrons. The monoisotopic (exact) mass is 233 g/mol. The third-order valence-corrected chi connectivity index (χ3v) is 2.82. The molecule has 1 heterocycles. The standard InChI is InChI=1S/C13H15NO3/c1-8(2)14-7-10(13(15)16)9-5-4-6-11(17-3)12(9)14/h4-8H,1-3H3,(H,15,16). The molecule has 0 amide bonds. The zero-order valence-electron chi connectivity index (χ0n) is 10.1. The van der Waals surface area contributed by atoms with Gasteiger partial charge in [-0.2, -0.15) is 0 Å². The van der Waals surface area contributed by atoms with Crippen molar-refractivity contribution in [1.82, 2.24) is 4.57 Å². The highest BCUT2D eigenvalue weighted by Crippen LogP contribution is 2.31. The van der Waals surface area contributed by atoms with Gasteiger partial charge in [0.25, 0.3) is 0 Å². The fourth-order valence-electron chi connectivity index (χ4n) is 2.02. The van der Waals surface area contributed by atoms with E-state index in [1.165, 1.54) is 0 Å². The molecule has 1 N–H and O–H groups in total. The van der Waals surface area contributed by atoms with Crippen molar-refractivity contribution >= 4 is 16.9 Å². The topological polar surface area (TPSA) is 51.5 Å². The predicted molar refractivity (Wildman–Crippen MR) is 65.8 cm³/mol. The lowest BCUT2D eigenvalue weighted by atomic mass is 10.1. The average molecular weight is 233 g/mol. The Labute approximate surface area is 99.4 Å². The number of ether oxygens (including phenoxy) is 1. The maximum absolute atomic E-state index is 11.2. The van der Waals surface area contributed by atoms with Crippen LogP contribution in [-0.2, 0) is 0 Å². The lowest BCUT2D eigenvalue weighted by Gasteiger charge is -2.11. The van der Waals surface area contributed by atoms with E-state index in [-0.39, 0.29) is 6.04 Å². The van der Waals surface area contributed by atoms with Crippen molar-refractivity contribution in [3.8, 4) is 5.75 Å². The minimum atomic E-state index is -0.914. The molecule has 4 heteroatoms. The predicted octanol–water partition coefficient (Wildman–Crippen LogP) is 2.93. The van der Waals surface area contributed by atoms with Crippen molar-refractivity contribution in [2.24, 2.45) is 0 Å². The zero-order chi connectivity index (χ0) is 12.6. The Bertz CT molecular complexity index is 569. The first-order valence-corrected chi connectivity index (χ1v) is 5.47. The first-order chi connectivity index (χ1) is 8.06. The van der Waals surface area contributed by atoms with E-state index in [4.69, 9.17) is 4.74 Å². The number of aromatic nitrogens is 1. The van der Waals surface area contributed by atoms with Crippen molar-refractivity contribution < 1.29 is 14.6 Å². The smallest absolute Gasteiger partial charge is 0.337 e. The van der Waals surface area contributed by atoms with Crippen LogP contribution in [0.2, 0.25) is 0 Å². The minimum absolute atomic E-state index is 0.182. The first kappa shape index (κ1) is 11.5. The minimum Gasteiger partial charge on any atom is -0.495 e. The second-order valence-electron chi connectivity index (χ2n) is 4.21. The number of rotatable bonds is 3. The number of hydrogen-bond donors (Lipinski definition) is 1. The van der Waals surface area contributed by atoms with E-state index in [0.717, 1.165) is 5.52 Å². The lowest BCUT2D eigenvalue weighted by Crippen LogP contribution is -2.00. The van der Waals surface area contributed by atoms with Crippen LogP contribution in [0, 0.1) is 0 Å². The molecule has 0 saturated heterocycles. The van der Waals surface area contributed by atoms with Crippen molar-refractivity contribution in [1.29, 1.82) is 0 Å². The maximum Gasteiger partial charge on any atom is 0.337 e. The van der Waals surface area contributed by atoms with Crippen LogP contribution in [0.1, 0.15) is 30.2 Å². The Hall–Kier alpha value is -1.97. The zero-order valence-corrected chi connectivity index (χ0v) is 10.1. The number of nitrogens with zero attached hydrogens (tertiary/aromatic N) is 1. The number of carboxylic acid groups (broad SMARTS) is 1. The van der Waals surface area contributed by atoms with Crippen LogP contribution in [0.25, 0.3) is 10.9 Å². The van der Waals surface area contributed by atoms with E-state index in [0.29, 0.717) is 16.7 Å². The molecule has 0 aliphatic rings. The van der Waals surface area contributed by atoms with Crippen LogP contribution in [0.5, 0.6) is 5.75 Å². The lowest BCUT2D eigenvalue weighted by molar-refractivity contribution is 0.0699. The number of benzene rings is 1. The molecule has 2 aromatic rings. The molecule has 0 fully saturated rings. The van der Waals surface area contributed by atoms with Crippen LogP contribution in [0.4, 0.5) is 0 Å². The molecule has 0 aliphatic carbocycles. The van der Waals surface area contributed by atoms with Gasteiger partial charge in [0.2, 0.25) is 0 Å². The van der Waals surface area contributed by atoms with Gasteiger partial charge in [-0.05, 0) is 19.9 Å². The van der Waals surface area contributed by atoms with E-state index >= 15 is 0 Å². The molecule has 17 heavy (non-hydrogen) atoms. The summed E-state index contributed by atoms with van der Waals surface area (Å²) in [6, 6.07) is 5.63. The van der Waals surface area contributed by atoms with E-state index in [9.17, 15) is 9.90 Å². The van der Waals surface area contributed by atoms with Crippen molar-refractivity contribution in [2.75, 3.05) is 7.11 Å². The summed E-state index contributed by atoms with van der Waals surface area (Å²) < 4.78 is 7.23. The number of hydrogen-bond acceptors (Lipinski definition) is 2. The summed E-state index contributed by atoms with van der Waals surface area (Å²) in [4.78, 5) is 11.2. The number of fused-ring (bicyclic) bond motifs is 1. The van der Waals surface area contributed by atoms with E-state index in [2.05, 4.69) is 0 Å². The summed E-state index contributed by atoms with van der Waals surface area (Å²) in [6.07, 6.45) is 1.67. The third kappa shape index (κ3) is 1.75. The molecule has 0 saturated carbocycles. The van der Waals surface area contributed by atoms with E-state index < -0.39 is 5.97 Å². The number of methoxy groups -OCH3 is 1. The van der Waals surface area contributed by atoms with Crippen molar-refractivity contribution in [2.45, 2.75) is 19.9 Å². The normalized spacial score (nSPS) is 11.1. The molecule has 0 radical (unpaired) electrons. The third-order valence-electron chi connectivity index (χ3n) is 2.82. The summed E-state index contributed by atoms with van der Waals surface area (Å²) in [5.41, 5.74) is 1.15. The highest BCUT2D eigenvalue weighted by molar-refractivity contribution is 6.05. The fourth-order valence-corrected chi connectivity index (χ4v) is 2.02. The van der Waals surface area contributed by atoms with Gasteiger partial charge in [-0.25, -0.2) is 4.79 Å². The summed E-state index contributed by atoms with van der Waals surface area (Å²) >= 11 is 0. The fraction of sp³-hybridized carbons (Fsp3) is 0.308. The van der Waals surface area contributed by atoms with Crippen LogP contribution >= 0.6 is 0 Å². The number of para-hydroxylation sites is 1. The molecular formula is C13H15NO3. The van der Waals surface area contributed by atoms with Gasteiger partial charge in [0, 0.05) is 17.6 Å². The summed E-state index contributed by atoms with van der Waals surface area (Å²) in [5.74, 6) is -0.216. The van der Waals surface area contributed by atoms with Gasteiger partial charge in [0.15, 0.2) is 0 Å². The van der Waals surface area contributed by atoms with Crippen molar-refractivity contribution in [3.63, 3.8) is 0 Å². The second-order valence-corrected chi connectivity index (χ2v) is 4.21. The van der Waals surface area contributed by atoms with Gasteiger partial charge >= 0.3 is 5.97 Å². The van der Waals surface area contributed by atoms with Crippen LogP contribution in [0.3, 0.4) is 0 Å². The molecule has 2 rings (SSSR count). The average Bonchev–Trinajstić information content (AvgIpc) is 2.68. The quantitative estimate of drug-likeness (QED) is 0.886. The van der Waals surface area contributed by atoms with Gasteiger partial charge in [-0.15, -0.1) is 0 Å². The number of carboxylic acids is 1. The summed E-state index contributed by atoms with van der Waals surface area (Å²) in [7, 11) is 1.59. The van der Waals surface area contributed by atoms with Gasteiger partial charge in [0.1, 0.15) is 5.75 Å². The Morgan fingerprint density at radius 3 is 2.65 bits per heavy atom. The maximum atomic E-state index is 11.2. The van der Waals surface area contributed by atoms with E-state index in [1.54, 1.807) is 25.4 Å². The molecule has 0 bridgehead atoms. The van der Waals surface area contributed by atoms with E-state index in [1.807, 2.05) is 24.5 Å². The van der Waals surface area contributed by atoms with Crippen LogP contribution in [0.15, 0.2) is 24.4 Å². The summed E-state index contributed by atoms with van der Waals surface area (Å²) in [5, 5.41) is 9.90. The Morgan fingerprint density at radius 2 is 2.12 bits per heavy atom. The second kappa shape index (κ2) is 4.13. The van der Waals surface area contributed by atoms with Crippen LogP contribution in [-0.4, -0.2) is 22.8 Å². The van der Waals surface area contributed by atoms with Gasteiger partial charge in [-0.1, -0.05) is 12.1 Å². The molecule has 0 spiro atoms. The van der Waals surface area contributed by atoms with Gasteiger partial charge in [-0.3, -0.25) is 0 Å².